The summed E-state index contributed by atoms with van der Waals surface area (Å²) in [6.45, 7) is 5.04. The number of hydrogen-bond donors (Lipinski definition) is 1. The lowest BCUT2D eigenvalue weighted by atomic mass is 9.95. The minimum atomic E-state index is -3.13. The Balaban J connectivity index is 1.71. The largest absolute Gasteiger partial charge is 0.344 e. The van der Waals surface area contributed by atoms with Crippen molar-refractivity contribution in [2.45, 2.75) is 51.6 Å². The molecule has 24 heavy (non-hydrogen) atoms. The number of hydrogen-bond acceptors (Lipinski definition) is 4. The van der Waals surface area contributed by atoms with Crippen molar-refractivity contribution in [2.75, 3.05) is 25.9 Å². The zero-order valence-corrected chi connectivity index (χ0v) is 16.0. The molecule has 1 N–H and O–H groups in total. The molecule has 3 aliphatic heterocycles. The maximum atomic E-state index is 12.0. The number of nitrogens with one attached hydrogen (secondary N) is 1. The lowest BCUT2D eigenvalue weighted by molar-refractivity contribution is 0.124. The number of H-pyrrole nitrogens is 1. The van der Waals surface area contributed by atoms with Gasteiger partial charge < -0.3 is 4.98 Å². The van der Waals surface area contributed by atoms with Crippen molar-refractivity contribution in [1.29, 1.82) is 0 Å². The molecule has 4 heterocycles. The first-order chi connectivity index (χ1) is 11.4. The second kappa shape index (κ2) is 7.32. The topological polar surface area (TPSA) is 69.3 Å². The third-order valence-electron chi connectivity index (χ3n) is 5.17. The molecule has 0 aliphatic carbocycles. The third kappa shape index (κ3) is 4.12. The van der Waals surface area contributed by atoms with Crippen LogP contribution in [0.1, 0.15) is 44.1 Å². The summed E-state index contributed by atoms with van der Waals surface area (Å²) in [4.78, 5) is 10.2. The van der Waals surface area contributed by atoms with E-state index in [2.05, 4.69) is 21.8 Å². The van der Waals surface area contributed by atoms with Gasteiger partial charge in [-0.15, -0.1) is 0 Å². The maximum absolute atomic E-state index is 12.0. The Labute approximate surface area is 149 Å². The van der Waals surface area contributed by atoms with Crippen LogP contribution in [0.25, 0.3) is 0 Å². The molecular formula is C16H27ClN4O2S. The van der Waals surface area contributed by atoms with Gasteiger partial charge in [0.15, 0.2) is 5.15 Å². The molecule has 0 saturated carbocycles. The predicted octanol–water partition coefficient (Wildman–Crippen LogP) is 2.26. The zero-order chi connectivity index (χ0) is 17.3. The van der Waals surface area contributed by atoms with Crippen LogP contribution in [0.2, 0.25) is 5.15 Å². The van der Waals surface area contributed by atoms with E-state index < -0.39 is 10.0 Å². The standard InChI is InChI=1S/C16H27ClN4O2S/c1-3-4-5-15-18-14(16(17)19-15)11-20-8-12-6-7-13(20)10-21(9-12)24(2,22)23/h12-13H,3-11H2,1-2H3,(H,18,19)/t12-,13-/m0/s1. The highest BCUT2D eigenvalue weighted by atomic mass is 35.5. The van der Waals surface area contributed by atoms with Gasteiger partial charge in [-0.2, -0.15) is 0 Å². The van der Waals surface area contributed by atoms with Gasteiger partial charge in [0.1, 0.15) is 5.82 Å². The number of nitrogens with zero attached hydrogens (tertiary/aromatic N) is 3. The fourth-order valence-electron chi connectivity index (χ4n) is 3.81. The average molecular weight is 375 g/mol. The molecule has 3 fully saturated rings. The number of aromatic nitrogens is 2. The van der Waals surface area contributed by atoms with Crippen LogP contribution in [0.5, 0.6) is 0 Å². The van der Waals surface area contributed by atoms with Crippen molar-refractivity contribution in [3.63, 3.8) is 0 Å². The summed E-state index contributed by atoms with van der Waals surface area (Å²) in [6, 6.07) is 0.261. The van der Waals surface area contributed by atoms with E-state index in [1.165, 1.54) is 6.26 Å². The van der Waals surface area contributed by atoms with Gasteiger partial charge in [0.2, 0.25) is 10.0 Å². The van der Waals surface area contributed by atoms with Gasteiger partial charge in [-0.05, 0) is 25.2 Å². The minimum Gasteiger partial charge on any atom is -0.344 e. The first kappa shape index (κ1) is 18.2. The highest BCUT2D eigenvalue weighted by Crippen LogP contribution is 2.31. The van der Waals surface area contributed by atoms with Crippen molar-refractivity contribution in [3.8, 4) is 0 Å². The van der Waals surface area contributed by atoms with E-state index in [-0.39, 0.29) is 6.04 Å². The van der Waals surface area contributed by atoms with Gasteiger partial charge in [-0.25, -0.2) is 17.7 Å². The number of fused-ring (bicyclic) bond motifs is 4. The Bertz CT molecular complexity index is 676. The van der Waals surface area contributed by atoms with Crippen LogP contribution in [0.3, 0.4) is 0 Å². The molecule has 0 unspecified atom stereocenters. The minimum absolute atomic E-state index is 0.261. The summed E-state index contributed by atoms with van der Waals surface area (Å²) in [6.07, 6.45) is 6.61. The molecular weight excluding hydrogens is 348 g/mol. The summed E-state index contributed by atoms with van der Waals surface area (Å²) in [7, 11) is -3.13. The van der Waals surface area contributed by atoms with E-state index in [1.807, 2.05) is 0 Å². The molecule has 6 nitrogen and oxygen atoms in total. The zero-order valence-electron chi connectivity index (χ0n) is 14.5. The average Bonchev–Trinajstić information content (AvgIpc) is 2.69. The first-order valence-electron chi connectivity index (χ1n) is 8.79. The summed E-state index contributed by atoms with van der Waals surface area (Å²) < 4.78 is 25.6. The van der Waals surface area contributed by atoms with Gasteiger partial charge in [0.25, 0.3) is 0 Å². The summed E-state index contributed by atoms with van der Waals surface area (Å²) in [5.41, 5.74) is 0.959. The van der Waals surface area contributed by atoms with E-state index in [0.717, 1.165) is 56.7 Å². The predicted molar refractivity (Wildman–Crippen MR) is 95.5 cm³/mol. The summed E-state index contributed by atoms with van der Waals surface area (Å²) in [5.74, 6) is 1.36. The van der Waals surface area contributed by atoms with E-state index in [0.29, 0.717) is 24.2 Å². The number of rotatable bonds is 6. The van der Waals surface area contributed by atoms with E-state index >= 15 is 0 Å². The lowest BCUT2D eigenvalue weighted by Gasteiger charge is -2.35. The van der Waals surface area contributed by atoms with Gasteiger partial charge in [-0.1, -0.05) is 24.9 Å². The van der Waals surface area contributed by atoms with Crippen LogP contribution in [0.15, 0.2) is 0 Å². The number of aryl methyl sites for hydroxylation is 1. The van der Waals surface area contributed by atoms with E-state index in [9.17, 15) is 8.42 Å². The smallest absolute Gasteiger partial charge is 0.211 e. The number of halogens is 1. The highest BCUT2D eigenvalue weighted by Gasteiger charge is 2.37. The van der Waals surface area contributed by atoms with Crippen LogP contribution in [-0.4, -0.2) is 59.5 Å². The third-order valence-corrected chi connectivity index (χ3v) is 6.72. The van der Waals surface area contributed by atoms with E-state index in [1.54, 1.807) is 4.31 Å². The molecule has 0 amide bonds. The van der Waals surface area contributed by atoms with E-state index in [4.69, 9.17) is 11.6 Å². The first-order valence-corrected chi connectivity index (χ1v) is 11.0. The molecule has 1 aromatic heterocycles. The van der Waals surface area contributed by atoms with Gasteiger partial charge >= 0.3 is 0 Å². The van der Waals surface area contributed by atoms with Gasteiger partial charge in [0.05, 0.1) is 11.9 Å². The Morgan fingerprint density at radius 3 is 2.79 bits per heavy atom. The molecule has 1 aromatic rings. The summed E-state index contributed by atoms with van der Waals surface area (Å²) >= 11 is 6.31. The van der Waals surface area contributed by atoms with Crippen molar-refractivity contribution in [1.82, 2.24) is 19.2 Å². The van der Waals surface area contributed by atoms with Crippen LogP contribution >= 0.6 is 11.6 Å². The Kier molecular flexibility index (Phi) is 5.54. The molecule has 0 spiro atoms. The van der Waals surface area contributed by atoms with Crippen LogP contribution in [0.4, 0.5) is 0 Å². The van der Waals surface area contributed by atoms with Gasteiger partial charge in [-0.3, -0.25) is 4.90 Å². The van der Waals surface area contributed by atoms with Crippen LogP contribution in [0, 0.1) is 5.92 Å². The van der Waals surface area contributed by atoms with Crippen molar-refractivity contribution >= 4 is 21.6 Å². The number of piperidine rings is 1. The van der Waals surface area contributed by atoms with Crippen molar-refractivity contribution in [2.24, 2.45) is 5.92 Å². The highest BCUT2D eigenvalue weighted by molar-refractivity contribution is 7.88. The molecule has 0 aromatic carbocycles. The number of unbranched alkanes of at least 4 members (excludes halogenated alkanes) is 1. The van der Waals surface area contributed by atoms with Crippen LogP contribution in [-0.2, 0) is 23.0 Å². The second-order valence-electron chi connectivity index (χ2n) is 7.16. The normalized spacial score (nSPS) is 26.0. The summed E-state index contributed by atoms with van der Waals surface area (Å²) in [5, 5.41) is 0.557. The quantitative estimate of drug-likeness (QED) is 0.829. The Hall–Kier alpha value is -0.630. The fourth-order valence-corrected chi connectivity index (χ4v) is 4.94. The molecule has 3 saturated heterocycles. The molecule has 136 valence electrons. The Morgan fingerprint density at radius 2 is 2.08 bits per heavy atom. The molecule has 3 aliphatic rings. The monoisotopic (exact) mass is 374 g/mol. The van der Waals surface area contributed by atoms with Crippen molar-refractivity contribution < 1.29 is 8.42 Å². The Morgan fingerprint density at radius 1 is 1.29 bits per heavy atom. The molecule has 2 bridgehead atoms. The van der Waals surface area contributed by atoms with Crippen molar-refractivity contribution in [3.05, 3.63) is 16.7 Å². The number of aromatic amines is 1. The second-order valence-corrected chi connectivity index (χ2v) is 9.50. The number of imidazole rings is 1. The fraction of sp³-hybridized carbons (Fsp3) is 0.812. The molecule has 2 atom stereocenters. The van der Waals surface area contributed by atoms with Gasteiger partial charge in [0, 0.05) is 38.6 Å². The molecule has 0 radical (unpaired) electrons. The SMILES string of the molecule is CCCCc1nc(Cl)c(CN2C[C@@H]3CC[C@H]2CN(S(C)(=O)=O)C3)[nH]1. The van der Waals surface area contributed by atoms with Crippen LogP contribution < -0.4 is 0 Å². The lowest BCUT2D eigenvalue weighted by Crippen LogP contribution is -2.43. The molecule has 8 heteroatoms. The number of sulfonamides is 1. The molecule has 4 rings (SSSR count). The maximum Gasteiger partial charge on any atom is 0.211 e.